The van der Waals surface area contributed by atoms with Gasteiger partial charge in [0.05, 0.1) is 18.8 Å². The first-order chi connectivity index (χ1) is 20.9. The number of hydrogen-bond acceptors (Lipinski definition) is 6. The molecule has 4 aromatic rings. The summed E-state index contributed by atoms with van der Waals surface area (Å²) in [5, 5.41) is 28.1. The summed E-state index contributed by atoms with van der Waals surface area (Å²) in [6, 6.07) is 29.2. The number of nitrogens with one attached hydrogen (secondary N) is 2. The van der Waals surface area contributed by atoms with Gasteiger partial charge in [-0.15, -0.1) is 0 Å². The van der Waals surface area contributed by atoms with Crippen molar-refractivity contribution >= 4 is 17.8 Å². The zero-order chi connectivity index (χ0) is 30.2. The molecule has 8 nitrogen and oxygen atoms in total. The second-order valence-electron chi connectivity index (χ2n) is 10.5. The first-order valence-corrected chi connectivity index (χ1v) is 15.5. The SMILES string of the molecule is CCNC(=O)NCc1cccc(-c2cccc([C@H]3O[C@@H](CSc4cccc[n+]4[O-])[C@@H](C)[C@@H](c4ccc(CO)cc4)O3)c2)c1. The highest BCUT2D eigenvalue weighted by Gasteiger charge is 2.38. The molecule has 0 aliphatic carbocycles. The highest BCUT2D eigenvalue weighted by molar-refractivity contribution is 7.99. The maximum atomic E-state index is 12.3. The minimum absolute atomic E-state index is 0.00446. The van der Waals surface area contributed by atoms with Gasteiger partial charge < -0.3 is 30.4 Å². The van der Waals surface area contributed by atoms with E-state index >= 15 is 0 Å². The number of urea groups is 1. The van der Waals surface area contributed by atoms with Crippen LogP contribution >= 0.6 is 11.8 Å². The number of benzene rings is 3. The van der Waals surface area contributed by atoms with E-state index in [9.17, 15) is 15.1 Å². The summed E-state index contributed by atoms with van der Waals surface area (Å²) in [5.74, 6) is 0.587. The summed E-state index contributed by atoms with van der Waals surface area (Å²) in [4.78, 5) is 11.9. The number of aromatic nitrogens is 1. The highest BCUT2D eigenvalue weighted by Crippen LogP contribution is 2.43. The molecule has 3 N–H and O–H groups in total. The standard InChI is InChI=1S/C34H37N3O5S/c1-3-35-34(39)36-20-25-8-6-9-27(18-25)28-10-7-11-29(19-28)33-41-30(22-43-31-12-4-5-17-37(31)40)23(2)32(42-33)26-15-13-24(21-38)14-16-26/h4-19,23,30,32-33,38H,3,20-22H2,1-2H3,(H2,35,36,39)/t23-,30+,32+,33+/m1/s1. The molecule has 1 fully saturated rings. The third-order valence-electron chi connectivity index (χ3n) is 7.52. The Morgan fingerprint density at radius 3 is 2.42 bits per heavy atom. The van der Waals surface area contributed by atoms with Gasteiger partial charge in [0.25, 0.3) is 5.03 Å². The van der Waals surface area contributed by atoms with E-state index in [1.54, 1.807) is 6.07 Å². The van der Waals surface area contributed by atoms with Crippen LogP contribution in [0.4, 0.5) is 4.79 Å². The number of pyridine rings is 1. The number of rotatable bonds is 10. The van der Waals surface area contributed by atoms with Crippen LogP contribution in [0.2, 0.25) is 0 Å². The van der Waals surface area contributed by atoms with Crippen molar-refractivity contribution in [3.63, 3.8) is 0 Å². The van der Waals surface area contributed by atoms with Gasteiger partial charge >= 0.3 is 6.03 Å². The van der Waals surface area contributed by atoms with Crippen LogP contribution in [0.1, 0.15) is 48.5 Å². The molecule has 9 heteroatoms. The first kappa shape index (κ1) is 30.6. The van der Waals surface area contributed by atoms with Crippen LogP contribution in [0.25, 0.3) is 11.1 Å². The molecule has 1 aliphatic heterocycles. The summed E-state index contributed by atoms with van der Waals surface area (Å²) in [6.45, 7) is 4.97. The molecule has 3 aromatic carbocycles. The minimum Gasteiger partial charge on any atom is -0.618 e. The maximum Gasteiger partial charge on any atom is 0.315 e. The second kappa shape index (κ2) is 14.5. The molecule has 1 aliphatic rings. The Kier molecular flexibility index (Phi) is 10.3. The third kappa shape index (κ3) is 7.74. The predicted molar refractivity (Wildman–Crippen MR) is 167 cm³/mol. The van der Waals surface area contributed by atoms with Gasteiger partial charge in [-0.1, -0.05) is 79.3 Å². The first-order valence-electron chi connectivity index (χ1n) is 14.5. The topological polar surface area (TPSA) is 107 Å². The van der Waals surface area contributed by atoms with Crippen LogP contribution in [-0.2, 0) is 22.6 Å². The van der Waals surface area contributed by atoms with Gasteiger partial charge in [-0.3, -0.25) is 0 Å². The normalized spacial score (nSPS) is 20.0. The number of thioether (sulfide) groups is 1. The Morgan fingerprint density at radius 1 is 0.907 bits per heavy atom. The van der Waals surface area contributed by atoms with Crippen LogP contribution in [-0.4, -0.2) is 29.5 Å². The van der Waals surface area contributed by atoms with Crippen LogP contribution in [0, 0.1) is 11.1 Å². The monoisotopic (exact) mass is 599 g/mol. The molecule has 43 heavy (non-hydrogen) atoms. The Hall–Kier alpha value is -3.89. The summed E-state index contributed by atoms with van der Waals surface area (Å²) in [7, 11) is 0. The van der Waals surface area contributed by atoms with E-state index in [1.807, 2.05) is 79.7 Å². The summed E-state index contributed by atoms with van der Waals surface area (Å²) in [5.41, 5.74) is 5.76. The average Bonchev–Trinajstić information content (AvgIpc) is 3.04. The fourth-order valence-corrected chi connectivity index (χ4v) is 6.21. The lowest BCUT2D eigenvalue weighted by atomic mass is 9.91. The van der Waals surface area contributed by atoms with Crippen LogP contribution in [0.3, 0.4) is 0 Å². The molecule has 0 bridgehead atoms. The minimum atomic E-state index is -0.623. The maximum absolute atomic E-state index is 12.3. The Morgan fingerprint density at radius 2 is 1.67 bits per heavy atom. The summed E-state index contributed by atoms with van der Waals surface area (Å²) in [6.07, 6.45) is 0.432. The molecular weight excluding hydrogens is 562 g/mol. The van der Waals surface area contributed by atoms with E-state index in [1.165, 1.54) is 18.0 Å². The van der Waals surface area contributed by atoms with Crippen LogP contribution in [0.15, 0.2) is 102 Å². The van der Waals surface area contributed by atoms with Crippen molar-refractivity contribution < 1.29 is 24.1 Å². The largest absolute Gasteiger partial charge is 0.618 e. The van der Waals surface area contributed by atoms with Gasteiger partial charge in [0, 0.05) is 42.5 Å². The van der Waals surface area contributed by atoms with Crippen molar-refractivity contribution in [3.8, 4) is 11.1 Å². The molecule has 1 aromatic heterocycles. The van der Waals surface area contributed by atoms with Crippen molar-refractivity contribution in [1.82, 2.24) is 10.6 Å². The number of carbonyl (C=O) groups is 1. The lowest BCUT2D eigenvalue weighted by molar-refractivity contribution is -0.645. The van der Waals surface area contributed by atoms with E-state index in [0.29, 0.717) is 23.9 Å². The number of carbonyl (C=O) groups excluding carboxylic acids is 1. The van der Waals surface area contributed by atoms with Crippen molar-refractivity contribution in [2.45, 2.75) is 50.5 Å². The number of aliphatic hydroxyl groups excluding tert-OH is 1. The van der Waals surface area contributed by atoms with E-state index in [-0.39, 0.29) is 30.8 Å². The lowest BCUT2D eigenvalue weighted by Crippen LogP contribution is -2.39. The predicted octanol–water partition coefficient (Wildman–Crippen LogP) is 5.88. The average molecular weight is 600 g/mol. The molecule has 4 atom stereocenters. The fraction of sp³-hybridized carbons (Fsp3) is 0.294. The van der Waals surface area contributed by atoms with Crippen LogP contribution < -0.4 is 15.4 Å². The molecule has 1 saturated heterocycles. The molecule has 0 spiro atoms. The Bertz CT molecular complexity index is 1520. The quantitative estimate of drug-likeness (QED) is 0.119. The van der Waals surface area contributed by atoms with Gasteiger partial charge in [0.1, 0.15) is 0 Å². The van der Waals surface area contributed by atoms with Crippen molar-refractivity contribution in [1.29, 1.82) is 0 Å². The van der Waals surface area contributed by atoms with E-state index < -0.39 is 6.29 Å². The number of hydrogen-bond donors (Lipinski definition) is 3. The van der Waals surface area contributed by atoms with Gasteiger partial charge in [-0.05, 0) is 52.9 Å². The zero-order valence-corrected chi connectivity index (χ0v) is 25.1. The van der Waals surface area contributed by atoms with Gasteiger partial charge in [0.15, 0.2) is 12.5 Å². The van der Waals surface area contributed by atoms with Gasteiger partial charge in [0.2, 0.25) is 0 Å². The third-order valence-corrected chi connectivity index (χ3v) is 8.62. The Labute approximate surface area is 256 Å². The van der Waals surface area contributed by atoms with E-state index in [4.69, 9.17) is 9.47 Å². The molecule has 2 amide bonds. The number of aliphatic hydroxyl groups is 1. The fourth-order valence-electron chi connectivity index (χ4n) is 5.13. The molecule has 0 saturated carbocycles. The Balaban J connectivity index is 1.39. The smallest absolute Gasteiger partial charge is 0.315 e. The summed E-state index contributed by atoms with van der Waals surface area (Å²) >= 11 is 1.47. The van der Waals surface area contributed by atoms with E-state index in [0.717, 1.165) is 38.1 Å². The van der Waals surface area contributed by atoms with Crippen molar-refractivity contribution in [2.75, 3.05) is 12.3 Å². The molecule has 0 unspecified atom stereocenters. The van der Waals surface area contributed by atoms with E-state index in [2.05, 4.69) is 29.7 Å². The van der Waals surface area contributed by atoms with Crippen molar-refractivity contribution in [2.24, 2.45) is 5.92 Å². The molecule has 5 rings (SSSR count). The highest BCUT2D eigenvalue weighted by atomic mass is 32.2. The molecular formula is C34H37N3O5S. The molecule has 224 valence electrons. The van der Waals surface area contributed by atoms with Crippen LogP contribution in [0.5, 0.6) is 0 Å². The van der Waals surface area contributed by atoms with Crippen molar-refractivity contribution in [3.05, 3.63) is 125 Å². The zero-order valence-electron chi connectivity index (χ0n) is 24.3. The summed E-state index contributed by atoms with van der Waals surface area (Å²) < 4.78 is 14.1. The van der Waals surface area contributed by atoms with Gasteiger partial charge in [-0.25, -0.2) is 4.79 Å². The number of nitrogens with zero attached hydrogens (tertiary/aromatic N) is 1. The number of ether oxygens (including phenoxy) is 2. The van der Waals surface area contributed by atoms with Gasteiger partial charge in [-0.2, -0.15) is 4.73 Å². The second-order valence-corrected chi connectivity index (χ2v) is 11.6. The lowest BCUT2D eigenvalue weighted by Gasteiger charge is -2.41. The molecule has 2 heterocycles. The number of amides is 2. The molecule has 0 radical (unpaired) electrons.